The van der Waals surface area contributed by atoms with Gasteiger partial charge in [0, 0.05) is 0 Å². The molecule has 0 unspecified atom stereocenters. The first-order chi connectivity index (χ1) is 3.15. The van der Waals surface area contributed by atoms with Crippen LogP contribution in [0.1, 0.15) is 0 Å². The SMILES string of the molecule is O=C(O)O.OCO. The van der Waals surface area contributed by atoms with Crippen molar-refractivity contribution in [1.29, 1.82) is 0 Å². The quantitative estimate of drug-likeness (QED) is 0.304. The summed E-state index contributed by atoms with van der Waals surface area (Å²) in [5, 5.41) is 28.2. The maximum absolute atomic E-state index is 8.56. The van der Waals surface area contributed by atoms with Crippen molar-refractivity contribution in [1.82, 2.24) is 0 Å². The molecule has 0 aliphatic carbocycles. The molecule has 0 rings (SSSR count). The number of carboxylic acid groups (broad SMARTS) is 2. The average Bonchev–Trinajstić information content (AvgIpc) is 1.33. The van der Waals surface area contributed by atoms with E-state index in [2.05, 4.69) is 0 Å². The van der Waals surface area contributed by atoms with Crippen LogP contribution in [-0.2, 0) is 0 Å². The summed E-state index contributed by atoms with van der Waals surface area (Å²) < 4.78 is 0. The zero-order valence-corrected chi connectivity index (χ0v) is 3.40. The number of aliphatic hydroxyl groups excluding tert-OH is 1. The highest BCUT2D eigenvalue weighted by Gasteiger charge is 1.70. The Hall–Kier alpha value is -0.810. The molecule has 5 nitrogen and oxygen atoms in total. The van der Waals surface area contributed by atoms with E-state index in [0.717, 1.165) is 0 Å². The third-order valence-corrected chi connectivity index (χ3v) is 0. The lowest BCUT2D eigenvalue weighted by Crippen LogP contribution is -1.81. The molecule has 0 amide bonds. The largest absolute Gasteiger partial charge is 0.503 e. The van der Waals surface area contributed by atoms with Gasteiger partial charge < -0.3 is 20.4 Å². The summed E-state index contributed by atoms with van der Waals surface area (Å²) in [5.74, 6) is 0. The van der Waals surface area contributed by atoms with Crippen LogP contribution in [0.2, 0.25) is 0 Å². The van der Waals surface area contributed by atoms with Gasteiger partial charge in [0.25, 0.3) is 0 Å². The van der Waals surface area contributed by atoms with Crippen LogP contribution in [0.5, 0.6) is 0 Å². The molecule has 0 heterocycles. The van der Waals surface area contributed by atoms with E-state index in [-0.39, 0.29) is 0 Å². The van der Waals surface area contributed by atoms with Crippen LogP contribution in [0, 0.1) is 0 Å². The van der Waals surface area contributed by atoms with E-state index >= 15 is 0 Å². The minimum atomic E-state index is -1.83. The Bertz CT molecular complexity index is 37.3. The molecule has 0 aliphatic rings. The van der Waals surface area contributed by atoms with Crippen LogP contribution in [0.25, 0.3) is 0 Å². The first-order valence-electron chi connectivity index (χ1n) is 1.28. The Morgan fingerprint density at radius 1 is 1.29 bits per heavy atom. The molecule has 7 heavy (non-hydrogen) atoms. The van der Waals surface area contributed by atoms with E-state index in [1.807, 2.05) is 0 Å². The first kappa shape index (κ1) is 9.50. The second kappa shape index (κ2) is 8.95. The van der Waals surface area contributed by atoms with Crippen molar-refractivity contribution in [2.24, 2.45) is 0 Å². The van der Waals surface area contributed by atoms with Crippen LogP contribution >= 0.6 is 0 Å². The summed E-state index contributed by atoms with van der Waals surface area (Å²) in [6.07, 6.45) is -1.83. The molecule has 0 spiro atoms. The lowest BCUT2D eigenvalue weighted by molar-refractivity contribution is 0.0773. The number of hydrogen-bond donors (Lipinski definition) is 4. The maximum Gasteiger partial charge on any atom is 0.503 e. The van der Waals surface area contributed by atoms with Crippen molar-refractivity contribution in [3.63, 3.8) is 0 Å². The average molecular weight is 110 g/mol. The topological polar surface area (TPSA) is 98.0 Å². The minimum Gasteiger partial charge on any atom is -0.450 e. The summed E-state index contributed by atoms with van der Waals surface area (Å²) in [6.45, 7) is -0.750. The molecule has 0 aromatic heterocycles. The van der Waals surface area contributed by atoms with Gasteiger partial charge in [-0.25, -0.2) is 4.79 Å². The molecule has 4 N–H and O–H groups in total. The van der Waals surface area contributed by atoms with E-state index in [1.54, 1.807) is 0 Å². The van der Waals surface area contributed by atoms with Crippen molar-refractivity contribution in [3.8, 4) is 0 Å². The van der Waals surface area contributed by atoms with Gasteiger partial charge in [0.05, 0.1) is 0 Å². The van der Waals surface area contributed by atoms with Crippen LogP contribution in [0.3, 0.4) is 0 Å². The van der Waals surface area contributed by atoms with Gasteiger partial charge in [-0.15, -0.1) is 0 Å². The van der Waals surface area contributed by atoms with Crippen molar-refractivity contribution < 1.29 is 25.2 Å². The lowest BCUT2D eigenvalue weighted by Gasteiger charge is -1.60. The van der Waals surface area contributed by atoms with Crippen LogP contribution in [-0.4, -0.2) is 33.4 Å². The summed E-state index contributed by atoms with van der Waals surface area (Å²) in [6, 6.07) is 0. The molecule has 0 atom stereocenters. The van der Waals surface area contributed by atoms with Crippen molar-refractivity contribution in [3.05, 3.63) is 0 Å². The van der Waals surface area contributed by atoms with Gasteiger partial charge in [0.2, 0.25) is 0 Å². The van der Waals surface area contributed by atoms with Gasteiger partial charge in [-0.2, -0.15) is 0 Å². The molecular formula is C2H6O5. The lowest BCUT2D eigenvalue weighted by atomic mass is 11.5. The Morgan fingerprint density at radius 2 is 1.29 bits per heavy atom. The molecule has 0 saturated carbocycles. The van der Waals surface area contributed by atoms with Crippen LogP contribution in [0.4, 0.5) is 4.79 Å². The first-order valence-corrected chi connectivity index (χ1v) is 1.28. The smallest absolute Gasteiger partial charge is 0.450 e. The second-order valence-corrected chi connectivity index (χ2v) is 0.424. The molecule has 0 aliphatic heterocycles. The highest BCUT2D eigenvalue weighted by molar-refractivity contribution is 5.53. The standard InChI is InChI=1S/CH2O3.CH4O2/c2-1(3)4;2-1-3/h(H2,2,3,4);2-3H,1H2. The van der Waals surface area contributed by atoms with Gasteiger partial charge in [-0.3, -0.25) is 0 Å². The van der Waals surface area contributed by atoms with E-state index < -0.39 is 12.9 Å². The Balaban J connectivity index is 0. The van der Waals surface area contributed by atoms with Crippen molar-refractivity contribution >= 4 is 6.16 Å². The van der Waals surface area contributed by atoms with Crippen molar-refractivity contribution in [2.45, 2.75) is 0 Å². The Morgan fingerprint density at radius 3 is 1.29 bits per heavy atom. The predicted octanol–water partition coefficient (Wildman–Crippen LogP) is -0.849. The molecule has 0 saturated heterocycles. The van der Waals surface area contributed by atoms with Gasteiger partial charge >= 0.3 is 6.16 Å². The third-order valence-electron chi connectivity index (χ3n) is 0. The zero-order chi connectivity index (χ0) is 6.28. The second-order valence-electron chi connectivity index (χ2n) is 0.424. The van der Waals surface area contributed by atoms with E-state index in [9.17, 15) is 0 Å². The van der Waals surface area contributed by atoms with E-state index in [1.165, 1.54) is 0 Å². The molecule has 44 valence electrons. The maximum atomic E-state index is 8.56. The van der Waals surface area contributed by atoms with Crippen molar-refractivity contribution in [2.75, 3.05) is 6.79 Å². The fourth-order valence-electron chi connectivity index (χ4n) is 0. The molecule has 0 fully saturated rings. The summed E-state index contributed by atoms with van der Waals surface area (Å²) >= 11 is 0. The number of hydrogen-bond acceptors (Lipinski definition) is 3. The normalized spacial score (nSPS) is 6.00. The van der Waals surface area contributed by atoms with E-state index in [4.69, 9.17) is 25.2 Å². The Kier molecular flexibility index (Phi) is 12.1. The number of aliphatic hydroxyl groups is 2. The minimum absolute atomic E-state index is 0.750. The molecular weight excluding hydrogens is 104 g/mol. The molecule has 5 heteroatoms. The summed E-state index contributed by atoms with van der Waals surface area (Å²) in [4.78, 5) is 8.56. The van der Waals surface area contributed by atoms with Crippen LogP contribution in [0.15, 0.2) is 0 Å². The fraction of sp³-hybridized carbons (Fsp3) is 0.500. The molecule has 0 aromatic rings. The van der Waals surface area contributed by atoms with Gasteiger partial charge in [-0.05, 0) is 0 Å². The molecule has 0 radical (unpaired) electrons. The summed E-state index contributed by atoms with van der Waals surface area (Å²) in [5.41, 5.74) is 0. The fourth-order valence-corrected chi connectivity index (χ4v) is 0. The summed E-state index contributed by atoms with van der Waals surface area (Å²) in [7, 11) is 0. The number of carbonyl (C=O) groups is 1. The van der Waals surface area contributed by atoms with Gasteiger partial charge in [-0.1, -0.05) is 0 Å². The highest BCUT2D eigenvalue weighted by Crippen LogP contribution is 1.42. The third kappa shape index (κ3) is 80.5. The van der Waals surface area contributed by atoms with Gasteiger partial charge in [0.1, 0.15) is 6.79 Å². The van der Waals surface area contributed by atoms with Crippen LogP contribution < -0.4 is 0 Å². The zero-order valence-electron chi connectivity index (χ0n) is 3.40. The number of rotatable bonds is 0. The highest BCUT2D eigenvalue weighted by atomic mass is 16.6. The Labute approximate surface area is 39.4 Å². The predicted molar refractivity (Wildman–Crippen MR) is 20.0 cm³/mol. The van der Waals surface area contributed by atoms with E-state index in [0.29, 0.717) is 0 Å². The monoisotopic (exact) mass is 110 g/mol. The molecule has 0 bridgehead atoms. The molecule has 0 aromatic carbocycles. The van der Waals surface area contributed by atoms with Gasteiger partial charge in [0.15, 0.2) is 0 Å².